The second-order valence-corrected chi connectivity index (χ2v) is 8.83. The number of aryl methyl sites for hydroxylation is 2. The Morgan fingerprint density at radius 1 is 0.969 bits per heavy atom. The van der Waals surface area contributed by atoms with Gasteiger partial charge in [0.25, 0.3) is 0 Å². The summed E-state index contributed by atoms with van der Waals surface area (Å²) in [5.74, 6) is 0.806. The van der Waals surface area contributed by atoms with Gasteiger partial charge in [-0.25, -0.2) is 0 Å². The van der Waals surface area contributed by atoms with Crippen molar-refractivity contribution in [1.82, 2.24) is 0 Å². The number of rotatable bonds is 6. The summed E-state index contributed by atoms with van der Waals surface area (Å²) in [6, 6.07) is 22.8. The van der Waals surface area contributed by atoms with Crippen LogP contribution in [0.3, 0.4) is 0 Å². The maximum absolute atomic E-state index is 14.0. The van der Waals surface area contributed by atoms with Crippen molar-refractivity contribution in [2.75, 3.05) is 31.0 Å². The van der Waals surface area contributed by atoms with E-state index in [1.165, 1.54) is 11.1 Å². The SMILES string of the molecule is COc1ccc2c(c1)C(C(=O)N(Cc1ccc(N(C)C)cc1)c1ccc(C)cc1)CCC2. The van der Waals surface area contributed by atoms with E-state index in [4.69, 9.17) is 4.74 Å². The molecule has 1 atom stereocenters. The molecule has 0 radical (unpaired) electrons. The zero-order valence-electron chi connectivity index (χ0n) is 19.5. The van der Waals surface area contributed by atoms with E-state index in [0.29, 0.717) is 6.54 Å². The fraction of sp³-hybridized carbons (Fsp3) is 0.321. The largest absolute Gasteiger partial charge is 0.497 e. The molecule has 0 aliphatic heterocycles. The normalized spacial score (nSPS) is 15.1. The zero-order chi connectivity index (χ0) is 22.7. The van der Waals surface area contributed by atoms with Gasteiger partial charge in [-0.05, 0) is 79.3 Å². The number of hydrogen-bond acceptors (Lipinski definition) is 3. The number of hydrogen-bond donors (Lipinski definition) is 0. The summed E-state index contributed by atoms with van der Waals surface area (Å²) in [6.45, 7) is 2.62. The number of methoxy groups -OCH3 is 1. The number of anilines is 2. The number of carbonyl (C=O) groups is 1. The lowest BCUT2D eigenvalue weighted by molar-refractivity contribution is -0.120. The van der Waals surface area contributed by atoms with E-state index in [0.717, 1.165) is 47.5 Å². The number of ether oxygens (including phenoxy) is 1. The van der Waals surface area contributed by atoms with Crippen molar-refractivity contribution < 1.29 is 9.53 Å². The highest BCUT2D eigenvalue weighted by molar-refractivity contribution is 5.98. The number of amides is 1. The van der Waals surface area contributed by atoms with Gasteiger partial charge in [-0.2, -0.15) is 0 Å². The summed E-state index contributed by atoms with van der Waals surface area (Å²) in [5, 5.41) is 0. The van der Waals surface area contributed by atoms with Crippen LogP contribution in [0, 0.1) is 6.92 Å². The third-order valence-electron chi connectivity index (χ3n) is 6.37. The minimum absolute atomic E-state index is 0.153. The fourth-order valence-electron chi connectivity index (χ4n) is 4.45. The van der Waals surface area contributed by atoms with E-state index in [1.807, 2.05) is 25.1 Å². The molecule has 3 aromatic carbocycles. The third kappa shape index (κ3) is 4.64. The first-order chi connectivity index (χ1) is 15.5. The molecule has 0 N–H and O–H groups in total. The Balaban J connectivity index is 1.69. The van der Waals surface area contributed by atoms with E-state index in [2.05, 4.69) is 72.5 Å². The third-order valence-corrected chi connectivity index (χ3v) is 6.37. The average Bonchev–Trinajstić information content (AvgIpc) is 2.82. The predicted octanol–water partition coefficient (Wildman–Crippen LogP) is 5.72. The molecule has 1 aliphatic carbocycles. The lowest BCUT2D eigenvalue weighted by Gasteiger charge is -2.31. The quantitative estimate of drug-likeness (QED) is 0.503. The molecule has 1 aliphatic rings. The summed E-state index contributed by atoms with van der Waals surface area (Å²) >= 11 is 0. The molecule has 0 aromatic heterocycles. The van der Waals surface area contributed by atoms with E-state index in [-0.39, 0.29) is 11.8 Å². The molecule has 1 amide bonds. The Kier molecular flexibility index (Phi) is 6.50. The van der Waals surface area contributed by atoms with Gasteiger partial charge in [-0.1, -0.05) is 35.9 Å². The molecule has 4 heteroatoms. The van der Waals surface area contributed by atoms with Crippen LogP contribution in [0.5, 0.6) is 5.75 Å². The van der Waals surface area contributed by atoms with Crippen LogP contribution in [0.4, 0.5) is 11.4 Å². The van der Waals surface area contributed by atoms with Gasteiger partial charge in [0.05, 0.1) is 19.6 Å². The summed E-state index contributed by atoms with van der Waals surface area (Å²) in [7, 11) is 5.75. The van der Waals surface area contributed by atoms with Gasteiger partial charge in [0.1, 0.15) is 5.75 Å². The van der Waals surface area contributed by atoms with E-state index in [9.17, 15) is 4.79 Å². The number of fused-ring (bicyclic) bond motifs is 1. The molecule has 1 unspecified atom stereocenters. The molecule has 32 heavy (non-hydrogen) atoms. The van der Waals surface area contributed by atoms with E-state index in [1.54, 1.807) is 7.11 Å². The average molecular weight is 429 g/mol. The van der Waals surface area contributed by atoms with Crippen molar-refractivity contribution in [3.05, 3.63) is 89.0 Å². The van der Waals surface area contributed by atoms with Gasteiger partial charge in [0.2, 0.25) is 5.91 Å². The minimum atomic E-state index is -0.156. The molecule has 0 saturated carbocycles. The lowest BCUT2D eigenvalue weighted by Crippen LogP contribution is -2.36. The molecule has 0 spiro atoms. The molecule has 0 heterocycles. The second kappa shape index (κ2) is 9.47. The Morgan fingerprint density at radius 2 is 1.66 bits per heavy atom. The van der Waals surface area contributed by atoms with Gasteiger partial charge in [0, 0.05) is 25.5 Å². The van der Waals surface area contributed by atoms with Crippen molar-refractivity contribution in [1.29, 1.82) is 0 Å². The molecule has 3 aromatic rings. The molecule has 4 nitrogen and oxygen atoms in total. The highest BCUT2D eigenvalue weighted by Gasteiger charge is 2.31. The van der Waals surface area contributed by atoms with Gasteiger partial charge in [-0.15, -0.1) is 0 Å². The second-order valence-electron chi connectivity index (χ2n) is 8.83. The minimum Gasteiger partial charge on any atom is -0.497 e. The molecule has 0 fully saturated rings. The summed E-state index contributed by atoms with van der Waals surface area (Å²) in [6.07, 6.45) is 2.90. The van der Waals surface area contributed by atoms with Crippen molar-refractivity contribution in [3.8, 4) is 5.75 Å². The van der Waals surface area contributed by atoms with E-state index >= 15 is 0 Å². The Bertz CT molecular complexity index is 1070. The summed E-state index contributed by atoms with van der Waals surface area (Å²) in [4.78, 5) is 18.0. The zero-order valence-corrected chi connectivity index (χ0v) is 19.5. The summed E-state index contributed by atoms with van der Waals surface area (Å²) < 4.78 is 5.46. The lowest BCUT2D eigenvalue weighted by atomic mass is 9.81. The van der Waals surface area contributed by atoms with Crippen LogP contribution < -0.4 is 14.5 Å². The maximum Gasteiger partial charge on any atom is 0.234 e. The standard InChI is InChI=1S/C28H32N2O2/c1-20-8-13-24(14-9-20)30(19-21-10-15-23(16-11-21)29(2)3)28(31)26-7-5-6-22-12-17-25(32-4)18-27(22)26/h8-18,26H,5-7,19H2,1-4H3. The first-order valence-electron chi connectivity index (χ1n) is 11.3. The van der Waals surface area contributed by atoms with Crippen molar-refractivity contribution in [3.63, 3.8) is 0 Å². The maximum atomic E-state index is 14.0. The van der Waals surface area contributed by atoms with Crippen LogP contribution in [0.15, 0.2) is 66.7 Å². The van der Waals surface area contributed by atoms with Crippen molar-refractivity contribution >= 4 is 17.3 Å². The topological polar surface area (TPSA) is 32.8 Å². The predicted molar refractivity (Wildman–Crippen MR) is 132 cm³/mol. The Labute approximate surface area is 191 Å². The molecular formula is C28H32N2O2. The Morgan fingerprint density at radius 3 is 2.31 bits per heavy atom. The molecule has 0 saturated heterocycles. The number of benzene rings is 3. The molecule has 4 rings (SSSR count). The van der Waals surface area contributed by atoms with Crippen LogP contribution in [0.1, 0.15) is 41.0 Å². The highest BCUT2D eigenvalue weighted by Crippen LogP contribution is 2.36. The van der Waals surface area contributed by atoms with Crippen LogP contribution in [0.2, 0.25) is 0 Å². The van der Waals surface area contributed by atoms with Gasteiger partial charge in [0.15, 0.2) is 0 Å². The van der Waals surface area contributed by atoms with E-state index < -0.39 is 0 Å². The van der Waals surface area contributed by atoms with Crippen LogP contribution >= 0.6 is 0 Å². The fourth-order valence-corrected chi connectivity index (χ4v) is 4.45. The van der Waals surface area contributed by atoms with Gasteiger partial charge < -0.3 is 14.5 Å². The van der Waals surface area contributed by atoms with Gasteiger partial charge >= 0.3 is 0 Å². The van der Waals surface area contributed by atoms with Crippen LogP contribution in [-0.2, 0) is 17.8 Å². The first-order valence-corrected chi connectivity index (χ1v) is 11.3. The monoisotopic (exact) mass is 428 g/mol. The first kappa shape index (κ1) is 21.9. The van der Waals surface area contributed by atoms with Crippen molar-refractivity contribution in [2.24, 2.45) is 0 Å². The molecule has 166 valence electrons. The van der Waals surface area contributed by atoms with Gasteiger partial charge in [-0.3, -0.25) is 4.79 Å². The van der Waals surface area contributed by atoms with Crippen molar-refractivity contribution in [2.45, 2.75) is 38.6 Å². The number of nitrogens with zero attached hydrogens (tertiary/aromatic N) is 2. The van der Waals surface area contributed by atoms with Crippen LogP contribution in [0.25, 0.3) is 0 Å². The molecule has 0 bridgehead atoms. The molecular weight excluding hydrogens is 396 g/mol. The highest BCUT2D eigenvalue weighted by atomic mass is 16.5. The Hall–Kier alpha value is -3.27. The smallest absolute Gasteiger partial charge is 0.234 e. The summed E-state index contributed by atoms with van der Waals surface area (Å²) in [5.41, 5.74) is 6.76. The van der Waals surface area contributed by atoms with Crippen LogP contribution in [-0.4, -0.2) is 27.1 Å². The number of carbonyl (C=O) groups excluding carboxylic acids is 1.